The van der Waals surface area contributed by atoms with Crippen LogP contribution in [0.25, 0.3) is 0 Å². The Bertz CT molecular complexity index is 611. The van der Waals surface area contributed by atoms with Crippen LogP contribution in [0.1, 0.15) is 20.3 Å². The van der Waals surface area contributed by atoms with Gasteiger partial charge in [-0.15, -0.1) is 6.58 Å². The monoisotopic (exact) mass is 382 g/mol. The van der Waals surface area contributed by atoms with E-state index in [0.29, 0.717) is 5.57 Å². The second-order valence-corrected chi connectivity index (χ2v) is 7.30. The van der Waals surface area contributed by atoms with Crippen molar-refractivity contribution in [2.45, 2.75) is 32.5 Å². The molecule has 0 aromatic carbocycles. The van der Waals surface area contributed by atoms with Gasteiger partial charge in [-0.05, 0) is 24.3 Å². The van der Waals surface area contributed by atoms with Crippen LogP contribution in [0.3, 0.4) is 0 Å². The van der Waals surface area contributed by atoms with E-state index in [1.807, 2.05) is 6.92 Å². The Morgan fingerprint density at radius 2 is 1.93 bits per heavy atom. The highest BCUT2D eigenvalue weighted by molar-refractivity contribution is 5.88. The Hall–Kier alpha value is -1.96. The molecule has 0 radical (unpaired) electrons. The predicted molar refractivity (Wildman–Crippen MR) is 99.4 cm³/mol. The minimum atomic E-state index is -1.21. The fraction of sp³-hybridized carbons (Fsp3) is 0.600. The number of rotatable bonds is 8. The minimum absolute atomic E-state index is 0.0405. The summed E-state index contributed by atoms with van der Waals surface area (Å²) in [6.45, 7) is 13.9. The van der Waals surface area contributed by atoms with Crippen molar-refractivity contribution in [3.05, 3.63) is 37.0 Å². The molecular formula is C20H30O7. The number of esters is 2. The van der Waals surface area contributed by atoms with E-state index < -0.39 is 47.3 Å². The van der Waals surface area contributed by atoms with Gasteiger partial charge in [0.05, 0.1) is 38.3 Å². The molecule has 0 aromatic rings. The maximum Gasteiger partial charge on any atom is 0.333 e. The summed E-state index contributed by atoms with van der Waals surface area (Å²) in [6, 6.07) is 0. The number of aliphatic hydroxyl groups is 3. The van der Waals surface area contributed by atoms with Crippen molar-refractivity contribution in [3.63, 3.8) is 0 Å². The summed E-state index contributed by atoms with van der Waals surface area (Å²) in [6.07, 6.45) is -0.258. The molecule has 0 bridgehead atoms. The minimum Gasteiger partial charge on any atom is -0.466 e. The molecule has 152 valence electrons. The summed E-state index contributed by atoms with van der Waals surface area (Å²) in [4.78, 5) is 24.3. The van der Waals surface area contributed by atoms with Gasteiger partial charge in [0.1, 0.15) is 6.10 Å². The van der Waals surface area contributed by atoms with E-state index in [-0.39, 0.29) is 25.2 Å². The van der Waals surface area contributed by atoms with Gasteiger partial charge in [0.2, 0.25) is 0 Å². The zero-order valence-electron chi connectivity index (χ0n) is 16.2. The SMILES string of the molecule is C=C[C@]1(C)C[C@H](OC(=O)[C@@H](C)CO)[C@@H](C(=C)C(=O)OC)[C@H](O)[C@H]1C(=C)CO. The number of hydrogen-bond acceptors (Lipinski definition) is 7. The van der Waals surface area contributed by atoms with E-state index in [2.05, 4.69) is 19.7 Å². The topological polar surface area (TPSA) is 113 Å². The third-order valence-electron chi connectivity index (χ3n) is 5.36. The maximum absolute atomic E-state index is 12.2. The third kappa shape index (κ3) is 4.66. The first-order valence-electron chi connectivity index (χ1n) is 8.76. The Morgan fingerprint density at radius 3 is 2.37 bits per heavy atom. The first-order chi connectivity index (χ1) is 12.6. The number of methoxy groups -OCH3 is 1. The normalized spacial score (nSPS) is 31.5. The number of carbonyl (C=O) groups excluding carboxylic acids is 2. The van der Waals surface area contributed by atoms with E-state index in [0.717, 1.165) is 0 Å². The van der Waals surface area contributed by atoms with Crippen LogP contribution in [0.2, 0.25) is 0 Å². The van der Waals surface area contributed by atoms with Gasteiger partial charge in [-0.25, -0.2) is 4.79 Å². The van der Waals surface area contributed by atoms with Crippen molar-refractivity contribution in [3.8, 4) is 0 Å². The Labute approximate surface area is 160 Å². The summed E-state index contributed by atoms with van der Waals surface area (Å²) in [5.74, 6) is -3.71. The average molecular weight is 382 g/mol. The molecule has 1 fully saturated rings. The number of aliphatic hydroxyl groups excluding tert-OH is 3. The van der Waals surface area contributed by atoms with Crippen LogP contribution < -0.4 is 0 Å². The van der Waals surface area contributed by atoms with Crippen LogP contribution in [0.15, 0.2) is 37.0 Å². The molecule has 0 unspecified atom stereocenters. The van der Waals surface area contributed by atoms with Crippen molar-refractivity contribution in [1.29, 1.82) is 0 Å². The van der Waals surface area contributed by atoms with Crippen molar-refractivity contribution in [2.75, 3.05) is 20.3 Å². The van der Waals surface area contributed by atoms with E-state index >= 15 is 0 Å². The van der Waals surface area contributed by atoms with Crippen LogP contribution in [0, 0.1) is 23.2 Å². The number of hydrogen-bond donors (Lipinski definition) is 3. The van der Waals surface area contributed by atoms with Crippen molar-refractivity contribution in [2.24, 2.45) is 23.2 Å². The lowest BCUT2D eigenvalue weighted by Gasteiger charge is -2.50. The molecule has 6 atom stereocenters. The summed E-state index contributed by atoms with van der Waals surface area (Å²) in [7, 11) is 1.19. The van der Waals surface area contributed by atoms with E-state index in [1.165, 1.54) is 14.0 Å². The fourth-order valence-electron chi connectivity index (χ4n) is 3.67. The van der Waals surface area contributed by atoms with Crippen LogP contribution in [0.5, 0.6) is 0 Å². The molecule has 27 heavy (non-hydrogen) atoms. The number of allylic oxidation sites excluding steroid dienone is 1. The zero-order valence-corrected chi connectivity index (χ0v) is 16.2. The molecule has 7 heteroatoms. The summed E-state index contributed by atoms with van der Waals surface area (Å²) < 4.78 is 10.2. The highest BCUT2D eigenvalue weighted by Crippen LogP contribution is 2.50. The Balaban J connectivity index is 3.38. The van der Waals surface area contributed by atoms with Crippen molar-refractivity contribution < 1.29 is 34.4 Å². The van der Waals surface area contributed by atoms with Gasteiger partial charge in [0, 0.05) is 11.5 Å². The van der Waals surface area contributed by atoms with Gasteiger partial charge < -0.3 is 24.8 Å². The second kappa shape index (κ2) is 9.30. The molecule has 1 aliphatic carbocycles. The van der Waals surface area contributed by atoms with Gasteiger partial charge >= 0.3 is 11.9 Å². The molecule has 0 amide bonds. The van der Waals surface area contributed by atoms with E-state index in [1.54, 1.807) is 6.08 Å². The average Bonchev–Trinajstić information content (AvgIpc) is 2.65. The quantitative estimate of drug-likeness (QED) is 0.326. The molecule has 0 saturated heterocycles. The number of ether oxygens (including phenoxy) is 2. The van der Waals surface area contributed by atoms with Crippen LogP contribution >= 0.6 is 0 Å². The van der Waals surface area contributed by atoms with E-state index in [4.69, 9.17) is 9.47 Å². The van der Waals surface area contributed by atoms with Gasteiger partial charge in [-0.1, -0.05) is 26.2 Å². The molecule has 1 aliphatic rings. The highest BCUT2D eigenvalue weighted by Gasteiger charge is 2.53. The molecule has 3 N–H and O–H groups in total. The molecule has 1 saturated carbocycles. The molecule has 1 rings (SSSR count). The Kier molecular flexibility index (Phi) is 7.95. The van der Waals surface area contributed by atoms with Crippen LogP contribution in [-0.2, 0) is 19.1 Å². The fourth-order valence-corrected chi connectivity index (χ4v) is 3.67. The van der Waals surface area contributed by atoms with Crippen molar-refractivity contribution >= 4 is 11.9 Å². The highest BCUT2D eigenvalue weighted by atomic mass is 16.5. The largest absolute Gasteiger partial charge is 0.466 e. The molecule has 0 spiro atoms. The zero-order chi connectivity index (χ0) is 20.9. The Morgan fingerprint density at radius 1 is 1.33 bits per heavy atom. The van der Waals surface area contributed by atoms with Gasteiger partial charge in [0.15, 0.2) is 0 Å². The standard InChI is InChI=1S/C20H30O7/c1-7-20(5)8-14(27-18(24)12(3)10-22)15(13(4)19(25)26-6)17(23)16(20)11(2)9-21/h7,12,14-17,21-23H,1-2,4,8-10H2,3,5-6H3/t12-,14-,15+,16+,17-,20+/m0/s1. The predicted octanol–water partition coefficient (Wildman–Crippen LogP) is 0.994. The van der Waals surface area contributed by atoms with Gasteiger partial charge in [-0.2, -0.15) is 0 Å². The van der Waals surface area contributed by atoms with Gasteiger partial charge in [-0.3, -0.25) is 4.79 Å². The maximum atomic E-state index is 12.2. The first kappa shape index (κ1) is 23.1. The smallest absolute Gasteiger partial charge is 0.333 e. The third-order valence-corrected chi connectivity index (χ3v) is 5.36. The summed E-state index contributed by atoms with van der Waals surface area (Å²) in [5, 5.41) is 29.8. The number of carbonyl (C=O) groups is 2. The van der Waals surface area contributed by atoms with Crippen molar-refractivity contribution in [1.82, 2.24) is 0 Å². The molecule has 0 aromatic heterocycles. The summed E-state index contributed by atoms with van der Waals surface area (Å²) in [5.41, 5.74) is -0.415. The molecule has 0 aliphatic heterocycles. The first-order valence-corrected chi connectivity index (χ1v) is 8.76. The van der Waals surface area contributed by atoms with Crippen LogP contribution in [-0.4, -0.2) is 59.8 Å². The lowest BCUT2D eigenvalue weighted by Crippen LogP contribution is -2.54. The molecular weight excluding hydrogens is 352 g/mol. The lowest BCUT2D eigenvalue weighted by atomic mass is 9.58. The molecule has 0 heterocycles. The van der Waals surface area contributed by atoms with Crippen LogP contribution in [0.4, 0.5) is 0 Å². The molecule has 7 nitrogen and oxygen atoms in total. The lowest BCUT2D eigenvalue weighted by molar-refractivity contribution is -0.170. The van der Waals surface area contributed by atoms with Gasteiger partial charge in [0.25, 0.3) is 0 Å². The second-order valence-electron chi connectivity index (χ2n) is 7.30. The summed E-state index contributed by atoms with van der Waals surface area (Å²) >= 11 is 0. The van der Waals surface area contributed by atoms with E-state index in [9.17, 15) is 24.9 Å².